The van der Waals surface area contributed by atoms with Gasteiger partial charge in [-0.05, 0) is 44.5 Å². The molecule has 7 heteroatoms. The van der Waals surface area contributed by atoms with Gasteiger partial charge < -0.3 is 14.7 Å². The van der Waals surface area contributed by atoms with Crippen molar-refractivity contribution in [1.82, 2.24) is 9.80 Å². The number of carboxylic acid groups (broad SMARTS) is 1. The second kappa shape index (κ2) is 8.10. The molecule has 132 valence electrons. The van der Waals surface area contributed by atoms with Crippen molar-refractivity contribution in [3.8, 4) is 5.75 Å². The van der Waals surface area contributed by atoms with Gasteiger partial charge in [-0.25, -0.2) is 4.39 Å². The normalized spacial score (nSPS) is 18.3. The summed E-state index contributed by atoms with van der Waals surface area (Å²) in [5, 5.41) is 8.90. The second-order valence-electron chi connectivity index (χ2n) is 6.03. The number of rotatable bonds is 5. The number of aliphatic carboxylic acids is 1. The number of nitrogens with zero attached hydrogens (tertiary/aromatic N) is 2. The molecular weight excluding hydrogens is 315 g/mol. The molecule has 1 aromatic carbocycles. The molecule has 0 saturated carbocycles. The highest BCUT2D eigenvalue weighted by molar-refractivity contribution is 5.97. The molecule has 1 unspecified atom stereocenters. The summed E-state index contributed by atoms with van der Waals surface area (Å²) in [7, 11) is 3.23. The molecular formula is C17H23FN2O4. The van der Waals surface area contributed by atoms with Crippen LogP contribution in [0.25, 0.3) is 0 Å². The number of hydrogen-bond acceptors (Lipinski definition) is 4. The number of amides is 1. The van der Waals surface area contributed by atoms with Gasteiger partial charge >= 0.3 is 5.97 Å². The summed E-state index contributed by atoms with van der Waals surface area (Å²) in [6.07, 6.45) is 2.29. The molecule has 0 aromatic heterocycles. The van der Waals surface area contributed by atoms with Crippen molar-refractivity contribution in [2.45, 2.75) is 25.3 Å². The number of methoxy groups -OCH3 is 1. The van der Waals surface area contributed by atoms with E-state index in [1.807, 2.05) is 0 Å². The number of hydrogen-bond donors (Lipinski definition) is 1. The fraction of sp³-hybridized carbons (Fsp3) is 0.529. The number of ether oxygens (including phenoxy) is 1. The largest absolute Gasteiger partial charge is 0.496 e. The summed E-state index contributed by atoms with van der Waals surface area (Å²) in [6.45, 7) is 1.05. The molecule has 0 aliphatic carbocycles. The summed E-state index contributed by atoms with van der Waals surface area (Å²) >= 11 is 0. The second-order valence-corrected chi connectivity index (χ2v) is 6.03. The molecule has 1 aromatic rings. The van der Waals surface area contributed by atoms with E-state index in [1.54, 1.807) is 16.8 Å². The maximum atomic E-state index is 13.5. The van der Waals surface area contributed by atoms with Crippen LogP contribution in [0.15, 0.2) is 18.2 Å². The van der Waals surface area contributed by atoms with Crippen molar-refractivity contribution in [3.63, 3.8) is 0 Å². The van der Waals surface area contributed by atoms with E-state index < -0.39 is 11.8 Å². The predicted octanol–water partition coefficient (Wildman–Crippen LogP) is 1.85. The third kappa shape index (κ3) is 4.44. The van der Waals surface area contributed by atoms with Gasteiger partial charge in [0.05, 0.1) is 19.2 Å². The topological polar surface area (TPSA) is 70.1 Å². The molecule has 1 fully saturated rings. The Morgan fingerprint density at radius 1 is 1.38 bits per heavy atom. The highest BCUT2D eigenvalue weighted by atomic mass is 19.1. The third-order valence-electron chi connectivity index (χ3n) is 4.38. The van der Waals surface area contributed by atoms with E-state index in [2.05, 4.69) is 0 Å². The monoisotopic (exact) mass is 338 g/mol. The predicted molar refractivity (Wildman–Crippen MR) is 86.8 cm³/mol. The van der Waals surface area contributed by atoms with Crippen LogP contribution in [0.3, 0.4) is 0 Å². The van der Waals surface area contributed by atoms with E-state index in [-0.39, 0.29) is 24.1 Å². The van der Waals surface area contributed by atoms with E-state index in [0.717, 1.165) is 12.8 Å². The van der Waals surface area contributed by atoms with Gasteiger partial charge in [0.2, 0.25) is 0 Å². The molecule has 1 atom stereocenters. The Kier molecular flexibility index (Phi) is 6.14. The lowest BCUT2D eigenvalue weighted by Gasteiger charge is -2.25. The first kappa shape index (κ1) is 18.2. The van der Waals surface area contributed by atoms with Crippen molar-refractivity contribution in [3.05, 3.63) is 29.6 Å². The van der Waals surface area contributed by atoms with Gasteiger partial charge in [-0.1, -0.05) is 0 Å². The lowest BCUT2D eigenvalue weighted by atomic mass is 10.1. The molecule has 24 heavy (non-hydrogen) atoms. The SMILES string of the molecule is COc1ccc(F)cc1C(=O)N1CCCC(N(C)CC(=O)O)CC1. The van der Waals surface area contributed by atoms with Crippen molar-refractivity contribution < 1.29 is 23.8 Å². The zero-order chi connectivity index (χ0) is 17.7. The molecule has 1 aliphatic heterocycles. The lowest BCUT2D eigenvalue weighted by molar-refractivity contribution is -0.138. The van der Waals surface area contributed by atoms with Crippen molar-refractivity contribution in [2.24, 2.45) is 0 Å². The van der Waals surface area contributed by atoms with E-state index >= 15 is 0 Å². The van der Waals surface area contributed by atoms with Crippen LogP contribution in [0.4, 0.5) is 4.39 Å². The number of carbonyl (C=O) groups excluding carboxylic acids is 1. The van der Waals surface area contributed by atoms with Crippen molar-refractivity contribution in [2.75, 3.05) is 33.8 Å². The first-order valence-electron chi connectivity index (χ1n) is 7.97. The Morgan fingerprint density at radius 3 is 2.79 bits per heavy atom. The smallest absolute Gasteiger partial charge is 0.317 e. The van der Waals surface area contributed by atoms with Crippen LogP contribution in [-0.2, 0) is 4.79 Å². The zero-order valence-corrected chi connectivity index (χ0v) is 14.0. The van der Waals surface area contributed by atoms with Gasteiger partial charge in [0.25, 0.3) is 5.91 Å². The van der Waals surface area contributed by atoms with Gasteiger partial charge in [-0.2, -0.15) is 0 Å². The fourth-order valence-electron chi connectivity index (χ4n) is 3.08. The minimum Gasteiger partial charge on any atom is -0.496 e. The summed E-state index contributed by atoms with van der Waals surface area (Å²) in [5.41, 5.74) is 0.217. The Balaban J connectivity index is 2.07. The van der Waals surface area contributed by atoms with Crippen molar-refractivity contribution in [1.29, 1.82) is 0 Å². The molecule has 0 spiro atoms. The molecule has 1 aliphatic rings. The number of benzene rings is 1. The molecule has 2 rings (SSSR count). The lowest BCUT2D eigenvalue weighted by Crippen LogP contribution is -2.37. The Labute approximate surface area is 140 Å². The maximum Gasteiger partial charge on any atom is 0.317 e. The van der Waals surface area contributed by atoms with E-state index in [4.69, 9.17) is 9.84 Å². The van der Waals surface area contributed by atoms with Crippen LogP contribution in [-0.4, -0.2) is 66.6 Å². The molecule has 0 bridgehead atoms. The summed E-state index contributed by atoms with van der Waals surface area (Å²) in [4.78, 5) is 27.0. The average molecular weight is 338 g/mol. The van der Waals surface area contributed by atoms with Gasteiger partial charge in [-0.15, -0.1) is 0 Å². The minimum absolute atomic E-state index is 0.0175. The first-order valence-corrected chi connectivity index (χ1v) is 7.97. The average Bonchev–Trinajstić information content (AvgIpc) is 2.79. The number of halogens is 1. The molecule has 1 N–H and O–H groups in total. The summed E-state index contributed by atoms with van der Waals surface area (Å²) in [5.74, 6) is -1.25. The van der Waals surface area contributed by atoms with E-state index in [1.165, 1.54) is 25.3 Å². The summed E-state index contributed by atoms with van der Waals surface area (Å²) in [6, 6.07) is 4.02. The molecule has 1 saturated heterocycles. The quantitative estimate of drug-likeness (QED) is 0.887. The van der Waals surface area contributed by atoms with Gasteiger partial charge in [0.1, 0.15) is 11.6 Å². The Hall–Kier alpha value is -2.15. The van der Waals surface area contributed by atoms with Gasteiger partial charge in [0, 0.05) is 19.1 Å². The summed E-state index contributed by atoms with van der Waals surface area (Å²) < 4.78 is 18.7. The van der Waals surface area contributed by atoms with E-state index in [9.17, 15) is 14.0 Å². The number of likely N-dealkylation sites (N-methyl/N-ethyl adjacent to an activating group) is 1. The van der Waals surface area contributed by atoms with Crippen LogP contribution < -0.4 is 4.74 Å². The first-order chi connectivity index (χ1) is 11.4. The highest BCUT2D eigenvalue weighted by Crippen LogP contribution is 2.23. The third-order valence-corrected chi connectivity index (χ3v) is 4.38. The van der Waals surface area contributed by atoms with Crippen LogP contribution >= 0.6 is 0 Å². The number of likely N-dealkylation sites (tertiary alicyclic amines) is 1. The molecule has 1 amide bonds. The Morgan fingerprint density at radius 2 is 2.12 bits per heavy atom. The van der Waals surface area contributed by atoms with Gasteiger partial charge in [0.15, 0.2) is 0 Å². The molecule has 1 heterocycles. The van der Waals surface area contributed by atoms with Crippen LogP contribution in [0.5, 0.6) is 5.75 Å². The van der Waals surface area contributed by atoms with Crippen LogP contribution in [0, 0.1) is 5.82 Å². The van der Waals surface area contributed by atoms with Gasteiger partial charge in [-0.3, -0.25) is 14.5 Å². The molecule has 6 nitrogen and oxygen atoms in total. The number of carboxylic acids is 1. The fourth-order valence-corrected chi connectivity index (χ4v) is 3.08. The van der Waals surface area contributed by atoms with E-state index in [0.29, 0.717) is 25.3 Å². The zero-order valence-electron chi connectivity index (χ0n) is 14.0. The highest BCUT2D eigenvalue weighted by Gasteiger charge is 2.26. The molecule has 0 radical (unpaired) electrons. The number of carbonyl (C=O) groups is 2. The Bertz CT molecular complexity index is 608. The maximum absolute atomic E-state index is 13.5. The van der Waals surface area contributed by atoms with Crippen molar-refractivity contribution >= 4 is 11.9 Å². The standard InChI is InChI=1S/C17H23FN2O4/c1-19(11-16(21)22)13-4-3-8-20(9-7-13)17(23)14-10-12(18)5-6-15(14)24-2/h5-6,10,13H,3-4,7-9,11H2,1-2H3,(H,21,22). The van der Waals surface area contributed by atoms with Crippen LogP contribution in [0.2, 0.25) is 0 Å². The van der Waals surface area contributed by atoms with Crippen LogP contribution in [0.1, 0.15) is 29.6 Å². The minimum atomic E-state index is -0.862.